The number of ether oxygens (including phenoxy) is 3. The number of rotatable bonds is 6. The van der Waals surface area contributed by atoms with Crippen LogP contribution in [0.4, 0.5) is 5.69 Å². The maximum absolute atomic E-state index is 5.52. The average molecular weight is 251 g/mol. The summed E-state index contributed by atoms with van der Waals surface area (Å²) in [6, 6.07) is 8.60. The second-order valence-corrected chi connectivity index (χ2v) is 4.40. The highest BCUT2D eigenvalue weighted by Crippen LogP contribution is 2.19. The van der Waals surface area contributed by atoms with E-state index in [1.54, 1.807) is 7.11 Å². The summed E-state index contributed by atoms with van der Waals surface area (Å²) >= 11 is 0. The van der Waals surface area contributed by atoms with Crippen LogP contribution in [0.2, 0.25) is 0 Å². The van der Waals surface area contributed by atoms with Gasteiger partial charge in [0.2, 0.25) is 0 Å². The van der Waals surface area contributed by atoms with E-state index >= 15 is 0 Å². The van der Waals surface area contributed by atoms with Crippen LogP contribution in [-0.4, -0.2) is 39.6 Å². The monoisotopic (exact) mass is 251 g/mol. The van der Waals surface area contributed by atoms with Gasteiger partial charge in [0.05, 0.1) is 6.61 Å². The standard InChI is InChI=1S/C14H21NO3/c1-16-10-11-18-14-4-2-12(3-5-14)15-13-6-8-17-9-7-13/h2-5,13,15H,6-11H2,1H3. The second kappa shape index (κ2) is 7.24. The predicted molar refractivity (Wildman–Crippen MR) is 71.3 cm³/mol. The third-order valence-corrected chi connectivity index (χ3v) is 3.00. The van der Waals surface area contributed by atoms with Gasteiger partial charge in [-0.1, -0.05) is 0 Å². The molecule has 100 valence electrons. The van der Waals surface area contributed by atoms with E-state index in [1.165, 1.54) is 0 Å². The maximum atomic E-state index is 5.52. The van der Waals surface area contributed by atoms with Crippen LogP contribution in [0.15, 0.2) is 24.3 Å². The molecule has 2 rings (SSSR count). The Morgan fingerprint density at radius 3 is 2.56 bits per heavy atom. The van der Waals surface area contributed by atoms with Gasteiger partial charge in [-0.2, -0.15) is 0 Å². The molecule has 0 spiro atoms. The molecule has 18 heavy (non-hydrogen) atoms. The van der Waals surface area contributed by atoms with E-state index in [-0.39, 0.29) is 0 Å². The van der Waals surface area contributed by atoms with E-state index in [1.807, 2.05) is 12.1 Å². The second-order valence-electron chi connectivity index (χ2n) is 4.40. The summed E-state index contributed by atoms with van der Waals surface area (Å²) in [5.41, 5.74) is 1.14. The van der Waals surface area contributed by atoms with Gasteiger partial charge in [-0.15, -0.1) is 0 Å². The lowest BCUT2D eigenvalue weighted by molar-refractivity contribution is 0.0904. The lowest BCUT2D eigenvalue weighted by atomic mass is 10.1. The van der Waals surface area contributed by atoms with Crippen molar-refractivity contribution in [3.8, 4) is 5.75 Å². The van der Waals surface area contributed by atoms with Crippen molar-refractivity contribution < 1.29 is 14.2 Å². The molecule has 1 fully saturated rings. The van der Waals surface area contributed by atoms with Crippen LogP contribution >= 0.6 is 0 Å². The van der Waals surface area contributed by atoms with Crippen molar-refractivity contribution in [1.29, 1.82) is 0 Å². The number of nitrogens with one attached hydrogen (secondary N) is 1. The number of methoxy groups -OCH3 is 1. The quantitative estimate of drug-likeness (QED) is 0.788. The van der Waals surface area contributed by atoms with Crippen LogP contribution in [0.25, 0.3) is 0 Å². The summed E-state index contributed by atoms with van der Waals surface area (Å²) in [5, 5.41) is 3.52. The van der Waals surface area contributed by atoms with E-state index in [2.05, 4.69) is 17.4 Å². The Balaban J connectivity index is 1.79. The zero-order valence-electron chi connectivity index (χ0n) is 10.9. The lowest BCUT2D eigenvalue weighted by Crippen LogP contribution is -2.27. The largest absolute Gasteiger partial charge is 0.491 e. The van der Waals surface area contributed by atoms with Gasteiger partial charge >= 0.3 is 0 Å². The molecule has 0 aliphatic carbocycles. The number of benzene rings is 1. The molecule has 1 aromatic carbocycles. The molecule has 0 amide bonds. The molecule has 0 bridgehead atoms. The summed E-state index contributed by atoms with van der Waals surface area (Å²) in [4.78, 5) is 0. The van der Waals surface area contributed by atoms with E-state index in [4.69, 9.17) is 14.2 Å². The molecule has 4 nitrogen and oxygen atoms in total. The summed E-state index contributed by atoms with van der Waals surface area (Å²) in [6.07, 6.45) is 2.15. The molecule has 1 aliphatic rings. The SMILES string of the molecule is COCCOc1ccc(NC2CCOCC2)cc1. The number of anilines is 1. The van der Waals surface area contributed by atoms with Crippen molar-refractivity contribution >= 4 is 5.69 Å². The highest BCUT2D eigenvalue weighted by molar-refractivity contribution is 5.47. The van der Waals surface area contributed by atoms with E-state index in [9.17, 15) is 0 Å². The van der Waals surface area contributed by atoms with Crippen molar-refractivity contribution in [2.45, 2.75) is 18.9 Å². The number of hydrogen-bond donors (Lipinski definition) is 1. The Kier molecular flexibility index (Phi) is 5.30. The topological polar surface area (TPSA) is 39.7 Å². The molecular weight excluding hydrogens is 230 g/mol. The van der Waals surface area contributed by atoms with Gasteiger partial charge in [0.1, 0.15) is 12.4 Å². The fourth-order valence-electron chi connectivity index (χ4n) is 1.97. The van der Waals surface area contributed by atoms with Crippen molar-refractivity contribution in [3.63, 3.8) is 0 Å². The van der Waals surface area contributed by atoms with Crippen LogP contribution in [0.5, 0.6) is 5.75 Å². The molecule has 1 aromatic rings. The highest BCUT2D eigenvalue weighted by Gasteiger charge is 2.12. The zero-order valence-corrected chi connectivity index (χ0v) is 10.9. The zero-order chi connectivity index (χ0) is 12.6. The van der Waals surface area contributed by atoms with Gasteiger partial charge in [-0.3, -0.25) is 0 Å². The predicted octanol–water partition coefficient (Wildman–Crippen LogP) is 2.30. The summed E-state index contributed by atoms with van der Waals surface area (Å²) < 4.78 is 15.8. The normalized spacial score (nSPS) is 16.5. The fraction of sp³-hybridized carbons (Fsp3) is 0.571. The third kappa shape index (κ3) is 4.20. The highest BCUT2D eigenvalue weighted by atomic mass is 16.5. The molecule has 4 heteroatoms. The van der Waals surface area contributed by atoms with Crippen LogP contribution in [0.1, 0.15) is 12.8 Å². The third-order valence-electron chi connectivity index (χ3n) is 3.00. The first-order valence-electron chi connectivity index (χ1n) is 6.44. The molecule has 1 saturated heterocycles. The average Bonchev–Trinajstić information content (AvgIpc) is 2.42. The van der Waals surface area contributed by atoms with Crippen molar-refractivity contribution in [2.75, 3.05) is 38.9 Å². The lowest BCUT2D eigenvalue weighted by Gasteiger charge is -2.24. The summed E-state index contributed by atoms with van der Waals surface area (Å²) in [6.45, 7) is 2.91. The first-order chi connectivity index (χ1) is 8.88. The molecule has 0 aromatic heterocycles. The number of hydrogen-bond acceptors (Lipinski definition) is 4. The Morgan fingerprint density at radius 1 is 1.17 bits per heavy atom. The fourth-order valence-corrected chi connectivity index (χ4v) is 1.97. The van der Waals surface area contributed by atoms with E-state index in [0.717, 1.165) is 37.5 Å². The Labute approximate surface area is 108 Å². The first kappa shape index (κ1) is 13.2. The molecule has 1 heterocycles. The van der Waals surface area contributed by atoms with Crippen molar-refractivity contribution in [1.82, 2.24) is 0 Å². The van der Waals surface area contributed by atoms with E-state index in [0.29, 0.717) is 19.3 Å². The smallest absolute Gasteiger partial charge is 0.119 e. The Morgan fingerprint density at radius 2 is 1.89 bits per heavy atom. The Bertz CT molecular complexity index is 333. The molecule has 0 radical (unpaired) electrons. The maximum Gasteiger partial charge on any atom is 0.119 e. The van der Waals surface area contributed by atoms with Crippen LogP contribution in [0, 0.1) is 0 Å². The summed E-state index contributed by atoms with van der Waals surface area (Å²) in [7, 11) is 1.67. The first-order valence-corrected chi connectivity index (χ1v) is 6.44. The van der Waals surface area contributed by atoms with Gasteiger partial charge in [-0.25, -0.2) is 0 Å². The van der Waals surface area contributed by atoms with Crippen molar-refractivity contribution in [2.24, 2.45) is 0 Å². The van der Waals surface area contributed by atoms with Crippen molar-refractivity contribution in [3.05, 3.63) is 24.3 Å². The minimum Gasteiger partial charge on any atom is -0.491 e. The molecule has 0 unspecified atom stereocenters. The molecule has 0 saturated carbocycles. The van der Waals surface area contributed by atoms with E-state index < -0.39 is 0 Å². The van der Waals surface area contributed by atoms with Crippen LogP contribution in [-0.2, 0) is 9.47 Å². The van der Waals surface area contributed by atoms with Gasteiger partial charge in [0.25, 0.3) is 0 Å². The van der Waals surface area contributed by atoms with Gasteiger partial charge < -0.3 is 19.5 Å². The van der Waals surface area contributed by atoms with Gasteiger partial charge in [0.15, 0.2) is 0 Å². The minimum absolute atomic E-state index is 0.527. The Hall–Kier alpha value is -1.26. The molecule has 0 atom stereocenters. The van der Waals surface area contributed by atoms with Crippen LogP contribution in [0.3, 0.4) is 0 Å². The van der Waals surface area contributed by atoms with Crippen LogP contribution < -0.4 is 10.1 Å². The van der Waals surface area contributed by atoms with Gasteiger partial charge in [0, 0.05) is 32.1 Å². The molecular formula is C14H21NO3. The molecule has 1 aliphatic heterocycles. The van der Waals surface area contributed by atoms with Gasteiger partial charge in [-0.05, 0) is 37.1 Å². The minimum atomic E-state index is 0.527. The summed E-state index contributed by atoms with van der Waals surface area (Å²) in [5.74, 6) is 0.879. The molecule has 1 N–H and O–H groups in total.